The summed E-state index contributed by atoms with van der Waals surface area (Å²) in [6.07, 6.45) is 0. The van der Waals surface area contributed by atoms with Gasteiger partial charge in [0.25, 0.3) is 0 Å². The van der Waals surface area contributed by atoms with Gasteiger partial charge >= 0.3 is 5.97 Å². The highest BCUT2D eigenvalue weighted by atomic mass is 32.1. The van der Waals surface area contributed by atoms with Crippen molar-refractivity contribution >= 4 is 28.4 Å². The second kappa shape index (κ2) is 5.62. The molecule has 0 radical (unpaired) electrons. The van der Waals surface area contributed by atoms with E-state index < -0.39 is 12.0 Å². The average molecular weight is 257 g/mol. The lowest BCUT2D eigenvalue weighted by Gasteiger charge is -2.13. The first kappa shape index (κ1) is 13.4. The molecule has 0 aromatic carbocycles. The molecule has 7 heteroatoms. The second-order valence-electron chi connectivity index (χ2n) is 3.54. The minimum absolute atomic E-state index is 0.131. The molecule has 1 amide bonds. The Bertz CT molecular complexity index is 430. The van der Waals surface area contributed by atoms with E-state index in [4.69, 9.17) is 5.11 Å². The Labute approximate surface area is 103 Å². The molecule has 1 rings (SSSR count). The average Bonchev–Trinajstić information content (AvgIpc) is 2.60. The number of hydrogen-bond donors (Lipinski definition) is 3. The molecule has 1 unspecified atom stereocenters. The van der Waals surface area contributed by atoms with Gasteiger partial charge in [0, 0.05) is 6.54 Å². The van der Waals surface area contributed by atoms with Gasteiger partial charge in [-0.25, -0.2) is 4.79 Å². The van der Waals surface area contributed by atoms with E-state index in [0.29, 0.717) is 17.2 Å². The molecule has 94 valence electrons. The Balaban J connectivity index is 2.81. The van der Waals surface area contributed by atoms with Gasteiger partial charge in [0.2, 0.25) is 5.91 Å². The van der Waals surface area contributed by atoms with Gasteiger partial charge in [0.05, 0.1) is 5.69 Å². The van der Waals surface area contributed by atoms with Crippen LogP contribution in [0, 0.1) is 6.92 Å². The van der Waals surface area contributed by atoms with E-state index in [1.807, 2.05) is 6.92 Å². The molecular weight excluding hydrogens is 242 g/mol. The number of rotatable bonds is 5. The molecule has 1 aromatic rings. The number of aromatic nitrogens is 1. The normalized spacial score (nSPS) is 11.9. The molecule has 6 nitrogen and oxygen atoms in total. The number of carbonyl (C=O) groups excluding carboxylic acids is 1. The minimum Gasteiger partial charge on any atom is -0.478 e. The standard InChI is InChI=1S/C10H15N3O3S/c1-4-11-8(14)6(3)12-9-7(10(15)16)5(2)13-17-9/h6,12H,4H2,1-3H3,(H,11,14)(H,15,16). The largest absolute Gasteiger partial charge is 0.478 e. The highest BCUT2D eigenvalue weighted by Gasteiger charge is 2.20. The fourth-order valence-electron chi connectivity index (χ4n) is 1.31. The fraction of sp³-hybridized carbons (Fsp3) is 0.500. The van der Waals surface area contributed by atoms with Gasteiger partial charge < -0.3 is 15.7 Å². The summed E-state index contributed by atoms with van der Waals surface area (Å²) < 4.78 is 3.96. The number of likely N-dealkylation sites (N-methyl/N-ethyl adjacent to an activating group) is 1. The van der Waals surface area contributed by atoms with Crippen molar-refractivity contribution in [3.8, 4) is 0 Å². The van der Waals surface area contributed by atoms with E-state index in [2.05, 4.69) is 15.0 Å². The molecule has 1 atom stereocenters. The van der Waals surface area contributed by atoms with Gasteiger partial charge in [0.1, 0.15) is 16.6 Å². The summed E-state index contributed by atoms with van der Waals surface area (Å²) in [6.45, 7) is 5.66. The lowest BCUT2D eigenvalue weighted by Crippen LogP contribution is -2.37. The van der Waals surface area contributed by atoms with Crippen LogP contribution < -0.4 is 10.6 Å². The van der Waals surface area contributed by atoms with Crippen molar-refractivity contribution in [2.75, 3.05) is 11.9 Å². The van der Waals surface area contributed by atoms with Crippen molar-refractivity contribution in [2.45, 2.75) is 26.8 Å². The fourth-order valence-corrected chi connectivity index (χ4v) is 2.18. The zero-order valence-electron chi connectivity index (χ0n) is 9.90. The van der Waals surface area contributed by atoms with E-state index in [0.717, 1.165) is 11.5 Å². The van der Waals surface area contributed by atoms with Crippen molar-refractivity contribution in [3.63, 3.8) is 0 Å². The van der Waals surface area contributed by atoms with Crippen molar-refractivity contribution < 1.29 is 14.7 Å². The topological polar surface area (TPSA) is 91.3 Å². The minimum atomic E-state index is -1.04. The van der Waals surface area contributed by atoms with E-state index in [9.17, 15) is 9.59 Å². The Kier molecular flexibility index (Phi) is 4.45. The maximum absolute atomic E-state index is 11.5. The summed E-state index contributed by atoms with van der Waals surface area (Å²) in [7, 11) is 0. The first-order chi connectivity index (χ1) is 7.97. The number of anilines is 1. The van der Waals surface area contributed by atoms with E-state index >= 15 is 0 Å². The van der Waals surface area contributed by atoms with Gasteiger partial charge in [0.15, 0.2) is 0 Å². The third-order valence-corrected chi connectivity index (χ3v) is 3.04. The highest BCUT2D eigenvalue weighted by molar-refractivity contribution is 7.10. The monoisotopic (exact) mass is 257 g/mol. The van der Waals surface area contributed by atoms with Gasteiger partial charge in [-0.2, -0.15) is 4.37 Å². The van der Waals surface area contributed by atoms with Crippen LogP contribution >= 0.6 is 11.5 Å². The maximum Gasteiger partial charge on any atom is 0.340 e. The number of carboxylic acid groups (broad SMARTS) is 1. The van der Waals surface area contributed by atoms with Crippen LogP contribution in [0.15, 0.2) is 0 Å². The smallest absolute Gasteiger partial charge is 0.340 e. The Morgan fingerprint density at radius 1 is 1.53 bits per heavy atom. The lowest BCUT2D eigenvalue weighted by atomic mass is 10.2. The molecule has 1 heterocycles. The van der Waals surface area contributed by atoms with Crippen LogP contribution in [0.2, 0.25) is 0 Å². The number of carbonyl (C=O) groups is 2. The molecule has 0 bridgehead atoms. The van der Waals surface area contributed by atoms with Crippen LogP contribution in [0.3, 0.4) is 0 Å². The summed E-state index contributed by atoms with van der Waals surface area (Å²) in [5, 5.41) is 14.9. The molecule has 0 saturated carbocycles. The third-order valence-electron chi connectivity index (χ3n) is 2.17. The number of nitrogens with one attached hydrogen (secondary N) is 2. The molecule has 0 aliphatic rings. The molecule has 0 fully saturated rings. The summed E-state index contributed by atoms with van der Waals surface area (Å²) in [4.78, 5) is 22.5. The van der Waals surface area contributed by atoms with Crippen LogP contribution in [0.1, 0.15) is 29.9 Å². The van der Waals surface area contributed by atoms with E-state index in [1.165, 1.54) is 0 Å². The van der Waals surface area contributed by atoms with Crippen LogP contribution in [0.4, 0.5) is 5.00 Å². The number of aryl methyl sites for hydroxylation is 1. The molecule has 0 aliphatic heterocycles. The highest BCUT2D eigenvalue weighted by Crippen LogP contribution is 2.24. The quantitative estimate of drug-likeness (QED) is 0.734. The molecular formula is C10H15N3O3S. The first-order valence-corrected chi connectivity index (χ1v) is 5.98. The predicted octanol–water partition coefficient (Wildman–Crippen LogP) is 1.09. The maximum atomic E-state index is 11.5. The molecule has 3 N–H and O–H groups in total. The Morgan fingerprint density at radius 3 is 2.71 bits per heavy atom. The van der Waals surface area contributed by atoms with Crippen molar-refractivity contribution in [3.05, 3.63) is 11.3 Å². The van der Waals surface area contributed by atoms with Crippen LogP contribution in [0.5, 0.6) is 0 Å². The van der Waals surface area contributed by atoms with Gasteiger partial charge in [-0.05, 0) is 32.3 Å². The molecule has 0 spiro atoms. The van der Waals surface area contributed by atoms with Crippen LogP contribution in [0.25, 0.3) is 0 Å². The van der Waals surface area contributed by atoms with Crippen molar-refractivity contribution in [1.29, 1.82) is 0 Å². The number of nitrogens with zero attached hydrogens (tertiary/aromatic N) is 1. The predicted molar refractivity (Wildman–Crippen MR) is 65.6 cm³/mol. The Morgan fingerprint density at radius 2 is 2.18 bits per heavy atom. The molecule has 0 saturated heterocycles. The van der Waals surface area contributed by atoms with E-state index in [-0.39, 0.29) is 11.5 Å². The Hall–Kier alpha value is -1.63. The van der Waals surface area contributed by atoms with E-state index in [1.54, 1.807) is 13.8 Å². The molecule has 17 heavy (non-hydrogen) atoms. The lowest BCUT2D eigenvalue weighted by molar-refractivity contribution is -0.121. The van der Waals surface area contributed by atoms with Gasteiger partial charge in [-0.3, -0.25) is 4.79 Å². The SMILES string of the molecule is CCNC(=O)C(C)Nc1snc(C)c1C(=O)O. The third kappa shape index (κ3) is 3.16. The van der Waals surface area contributed by atoms with Crippen molar-refractivity contribution in [1.82, 2.24) is 9.69 Å². The zero-order chi connectivity index (χ0) is 13.0. The summed E-state index contributed by atoms with van der Waals surface area (Å²) in [5.74, 6) is -1.21. The van der Waals surface area contributed by atoms with Gasteiger partial charge in [-0.1, -0.05) is 0 Å². The summed E-state index contributed by atoms with van der Waals surface area (Å²) >= 11 is 1.05. The van der Waals surface area contributed by atoms with Crippen molar-refractivity contribution in [2.24, 2.45) is 0 Å². The van der Waals surface area contributed by atoms with Crippen LogP contribution in [-0.4, -0.2) is 33.9 Å². The summed E-state index contributed by atoms with van der Waals surface area (Å²) in [6, 6.07) is -0.493. The molecule has 0 aliphatic carbocycles. The molecule has 1 aromatic heterocycles. The first-order valence-electron chi connectivity index (χ1n) is 5.21. The van der Waals surface area contributed by atoms with Gasteiger partial charge in [-0.15, -0.1) is 0 Å². The summed E-state index contributed by atoms with van der Waals surface area (Å²) in [5.41, 5.74) is 0.583. The number of aromatic carboxylic acids is 1. The zero-order valence-corrected chi connectivity index (χ0v) is 10.7. The number of amides is 1. The second-order valence-corrected chi connectivity index (χ2v) is 4.31. The van der Waals surface area contributed by atoms with Crippen LogP contribution in [-0.2, 0) is 4.79 Å². The number of carboxylic acids is 1. The number of hydrogen-bond acceptors (Lipinski definition) is 5.